The van der Waals surface area contributed by atoms with Crippen molar-refractivity contribution in [3.8, 4) is 17.9 Å². The number of rotatable bonds is 4. The third-order valence-electron chi connectivity index (χ3n) is 4.93. The standard InChI is InChI=1S/C22H22N2O2S2/c1-5-6-15-7-9-19-17(11-15)18-12-16(8-10-20(18)27-19)22(4,24)14-28(25,26)21(2,3)13-23/h7-12H,14,24H2,1-4H3/t22-/m0/s1. The van der Waals surface area contributed by atoms with E-state index in [2.05, 4.69) is 24.0 Å². The van der Waals surface area contributed by atoms with Crippen LogP contribution >= 0.6 is 11.3 Å². The van der Waals surface area contributed by atoms with Crippen molar-refractivity contribution in [2.24, 2.45) is 5.73 Å². The summed E-state index contributed by atoms with van der Waals surface area (Å²) in [7, 11) is -3.71. The first kappa shape index (κ1) is 20.4. The molecule has 0 aliphatic heterocycles. The van der Waals surface area contributed by atoms with Crippen LogP contribution in [0.15, 0.2) is 36.4 Å². The molecule has 0 bridgehead atoms. The Hall–Kier alpha value is -2.38. The molecule has 1 aromatic heterocycles. The maximum atomic E-state index is 12.7. The molecule has 0 spiro atoms. The number of nitrogens with zero attached hydrogens (tertiary/aromatic N) is 1. The van der Waals surface area contributed by atoms with Crippen LogP contribution in [0.2, 0.25) is 0 Å². The third kappa shape index (κ3) is 3.52. The lowest BCUT2D eigenvalue weighted by Crippen LogP contribution is -2.45. The molecule has 0 unspecified atom stereocenters. The van der Waals surface area contributed by atoms with Crippen LogP contribution in [0.1, 0.15) is 38.8 Å². The van der Waals surface area contributed by atoms with Crippen molar-refractivity contribution in [3.05, 3.63) is 47.5 Å². The van der Waals surface area contributed by atoms with Gasteiger partial charge in [-0.25, -0.2) is 8.42 Å². The molecule has 0 aliphatic carbocycles. The lowest BCUT2D eigenvalue weighted by atomic mass is 9.94. The van der Waals surface area contributed by atoms with Gasteiger partial charge in [-0.3, -0.25) is 0 Å². The van der Waals surface area contributed by atoms with Crippen LogP contribution in [0.5, 0.6) is 0 Å². The Labute approximate surface area is 169 Å². The second-order valence-electron chi connectivity index (χ2n) is 7.70. The van der Waals surface area contributed by atoms with Crippen molar-refractivity contribution in [3.63, 3.8) is 0 Å². The Morgan fingerprint density at radius 2 is 1.68 bits per heavy atom. The highest BCUT2D eigenvalue weighted by Crippen LogP contribution is 2.37. The molecule has 3 aromatic rings. The van der Waals surface area contributed by atoms with Gasteiger partial charge < -0.3 is 5.73 Å². The van der Waals surface area contributed by atoms with E-state index in [0.717, 1.165) is 31.3 Å². The van der Waals surface area contributed by atoms with Gasteiger partial charge in [0.2, 0.25) is 0 Å². The number of thiophene rings is 1. The number of fused-ring (bicyclic) bond motifs is 3. The van der Waals surface area contributed by atoms with E-state index < -0.39 is 20.1 Å². The molecule has 0 fully saturated rings. The fourth-order valence-electron chi connectivity index (χ4n) is 3.08. The molecule has 0 aliphatic rings. The second-order valence-corrected chi connectivity index (χ2v) is 11.3. The van der Waals surface area contributed by atoms with Crippen molar-refractivity contribution in [1.29, 1.82) is 5.26 Å². The van der Waals surface area contributed by atoms with Crippen LogP contribution < -0.4 is 5.73 Å². The van der Waals surface area contributed by atoms with Crippen molar-refractivity contribution in [1.82, 2.24) is 0 Å². The first-order valence-corrected chi connectivity index (χ1v) is 11.3. The van der Waals surface area contributed by atoms with E-state index in [1.54, 1.807) is 25.2 Å². The molecule has 0 saturated carbocycles. The minimum atomic E-state index is -3.71. The Morgan fingerprint density at radius 1 is 1.07 bits per heavy atom. The first-order chi connectivity index (χ1) is 13.0. The monoisotopic (exact) mass is 410 g/mol. The van der Waals surface area contributed by atoms with E-state index in [1.807, 2.05) is 30.3 Å². The average molecular weight is 411 g/mol. The second kappa shape index (κ2) is 6.90. The number of nitrogens with two attached hydrogens (primary N) is 1. The fourth-order valence-corrected chi connectivity index (χ4v) is 5.61. The zero-order valence-electron chi connectivity index (χ0n) is 16.3. The summed E-state index contributed by atoms with van der Waals surface area (Å²) in [4.78, 5) is 0. The Kier molecular flexibility index (Phi) is 5.02. The van der Waals surface area contributed by atoms with E-state index in [-0.39, 0.29) is 5.75 Å². The summed E-state index contributed by atoms with van der Waals surface area (Å²) in [6.45, 7) is 6.31. The highest BCUT2D eigenvalue weighted by Gasteiger charge is 2.40. The summed E-state index contributed by atoms with van der Waals surface area (Å²) in [6, 6.07) is 13.8. The van der Waals surface area contributed by atoms with Gasteiger partial charge in [0.25, 0.3) is 0 Å². The smallest absolute Gasteiger partial charge is 0.170 e. The molecule has 2 aromatic carbocycles. The molecule has 6 heteroatoms. The maximum Gasteiger partial charge on any atom is 0.170 e. The molecule has 3 rings (SSSR count). The Bertz CT molecular complexity index is 1280. The zero-order chi connectivity index (χ0) is 20.7. The number of hydrogen-bond acceptors (Lipinski definition) is 5. The topological polar surface area (TPSA) is 84.0 Å². The van der Waals surface area contributed by atoms with Gasteiger partial charge in [0.1, 0.15) is 0 Å². The summed E-state index contributed by atoms with van der Waals surface area (Å²) in [6.07, 6.45) is 0. The predicted molar refractivity (Wildman–Crippen MR) is 117 cm³/mol. The minimum absolute atomic E-state index is 0.305. The number of nitriles is 1. The molecular weight excluding hydrogens is 388 g/mol. The minimum Gasteiger partial charge on any atom is -0.321 e. The van der Waals surface area contributed by atoms with Crippen molar-refractivity contribution >= 4 is 41.3 Å². The molecule has 1 heterocycles. The molecule has 2 N–H and O–H groups in total. The number of sulfone groups is 1. The lowest BCUT2D eigenvalue weighted by Gasteiger charge is -2.28. The third-order valence-corrected chi connectivity index (χ3v) is 8.71. The van der Waals surface area contributed by atoms with Crippen molar-refractivity contribution in [2.45, 2.75) is 38.0 Å². The summed E-state index contributed by atoms with van der Waals surface area (Å²) >= 11 is 1.68. The highest BCUT2D eigenvalue weighted by molar-refractivity contribution is 7.93. The SMILES string of the molecule is CC#Cc1ccc2sc3ccc([C@@](C)(N)CS(=O)(=O)C(C)(C)C#N)cc3c2c1. The zero-order valence-corrected chi connectivity index (χ0v) is 18.0. The van der Waals surface area contributed by atoms with Crippen LogP contribution in [-0.4, -0.2) is 18.9 Å². The average Bonchev–Trinajstić information content (AvgIpc) is 2.98. The maximum absolute atomic E-state index is 12.7. The van der Waals surface area contributed by atoms with Gasteiger partial charge in [-0.1, -0.05) is 12.0 Å². The van der Waals surface area contributed by atoms with Crippen LogP contribution in [0.4, 0.5) is 0 Å². The van der Waals surface area contributed by atoms with Gasteiger partial charge >= 0.3 is 0 Å². The van der Waals surface area contributed by atoms with Crippen LogP contribution in [-0.2, 0) is 15.4 Å². The van der Waals surface area contributed by atoms with Gasteiger partial charge in [0.15, 0.2) is 14.6 Å². The van der Waals surface area contributed by atoms with E-state index in [0.29, 0.717) is 0 Å². The molecule has 4 nitrogen and oxygen atoms in total. The van der Waals surface area contributed by atoms with E-state index >= 15 is 0 Å². The number of benzene rings is 2. The quantitative estimate of drug-likeness (QED) is 0.649. The molecule has 0 amide bonds. The van der Waals surface area contributed by atoms with Crippen molar-refractivity contribution in [2.75, 3.05) is 5.75 Å². The molecule has 28 heavy (non-hydrogen) atoms. The van der Waals surface area contributed by atoms with Crippen LogP contribution in [0.25, 0.3) is 20.2 Å². The lowest BCUT2D eigenvalue weighted by molar-refractivity contribution is 0.517. The molecule has 0 radical (unpaired) electrons. The normalized spacial score (nSPS) is 14.3. The highest BCUT2D eigenvalue weighted by atomic mass is 32.2. The first-order valence-electron chi connectivity index (χ1n) is 8.83. The molecular formula is C22H22N2O2S2. The van der Waals surface area contributed by atoms with Gasteiger partial charge in [-0.2, -0.15) is 5.26 Å². The summed E-state index contributed by atoms with van der Waals surface area (Å²) in [5, 5.41) is 11.3. The van der Waals surface area contributed by atoms with Gasteiger partial charge in [-0.05, 0) is 63.6 Å². The van der Waals surface area contributed by atoms with Crippen LogP contribution in [0, 0.1) is 23.2 Å². The summed E-state index contributed by atoms with van der Waals surface area (Å²) < 4.78 is 26.2. The van der Waals surface area contributed by atoms with E-state index in [1.165, 1.54) is 13.8 Å². The Morgan fingerprint density at radius 3 is 2.29 bits per heavy atom. The van der Waals surface area contributed by atoms with Gasteiger partial charge in [0.05, 0.1) is 17.4 Å². The van der Waals surface area contributed by atoms with Gasteiger partial charge in [-0.15, -0.1) is 17.3 Å². The van der Waals surface area contributed by atoms with Crippen molar-refractivity contribution < 1.29 is 8.42 Å². The largest absolute Gasteiger partial charge is 0.321 e. The molecule has 144 valence electrons. The predicted octanol–water partition coefficient (Wildman–Crippen LogP) is 4.32. The Balaban J connectivity index is 2.12. The van der Waals surface area contributed by atoms with Gasteiger partial charge in [0, 0.05) is 25.7 Å². The summed E-state index contributed by atoms with van der Waals surface area (Å²) in [5.74, 6) is 5.68. The van der Waals surface area contributed by atoms with E-state index in [9.17, 15) is 13.7 Å². The number of hydrogen-bond donors (Lipinski definition) is 1. The molecule has 1 atom stereocenters. The van der Waals surface area contributed by atoms with E-state index in [4.69, 9.17) is 5.73 Å². The summed E-state index contributed by atoms with van der Waals surface area (Å²) in [5.41, 5.74) is 7.00. The molecule has 0 saturated heterocycles. The fraction of sp³-hybridized carbons (Fsp3) is 0.318. The van der Waals surface area contributed by atoms with Crippen LogP contribution in [0.3, 0.4) is 0 Å².